The number of rotatable bonds is 3. The number of hydrogen-bond donors (Lipinski definition) is 0. The summed E-state index contributed by atoms with van der Waals surface area (Å²) in [6.07, 6.45) is 1.94. The molecule has 4 rings (SSSR count). The number of nitrogens with zero attached hydrogens (tertiary/aromatic N) is 6. The van der Waals surface area contributed by atoms with Gasteiger partial charge in [-0.15, -0.1) is 0 Å². The molecular formula is C18H22N6. The van der Waals surface area contributed by atoms with Crippen molar-refractivity contribution < 1.29 is 0 Å². The number of amidine groups is 1. The summed E-state index contributed by atoms with van der Waals surface area (Å²) in [5.74, 6) is 2.72. The molecule has 6 nitrogen and oxygen atoms in total. The minimum Gasteiger partial charge on any atom is -0.369 e. The first-order chi connectivity index (χ1) is 11.8. The van der Waals surface area contributed by atoms with E-state index in [2.05, 4.69) is 50.8 Å². The molecular weight excluding hydrogens is 300 g/mol. The Balaban J connectivity index is 1.71. The Kier molecular flexibility index (Phi) is 3.80. The lowest BCUT2D eigenvalue weighted by Gasteiger charge is -2.35. The van der Waals surface area contributed by atoms with Crippen LogP contribution in [0.4, 0.5) is 17.5 Å². The fourth-order valence-electron chi connectivity index (χ4n) is 3.27. The largest absolute Gasteiger partial charge is 0.369 e. The second kappa shape index (κ2) is 6.11. The molecule has 0 saturated heterocycles. The number of aliphatic imine (C=N–C) groups is 1. The molecule has 124 valence electrons. The molecule has 1 aromatic carbocycles. The zero-order valence-corrected chi connectivity index (χ0v) is 14.2. The molecule has 0 spiro atoms. The van der Waals surface area contributed by atoms with E-state index in [1.165, 1.54) is 0 Å². The lowest BCUT2D eigenvalue weighted by molar-refractivity contribution is 0.734. The van der Waals surface area contributed by atoms with E-state index in [0.29, 0.717) is 0 Å². The van der Waals surface area contributed by atoms with Crippen molar-refractivity contribution in [3.8, 4) is 0 Å². The number of anilines is 3. The van der Waals surface area contributed by atoms with Gasteiger partial charge in [0.05, 0.1) is 18.4 Å². The number of hydrogen-bond acceptors (Lipinski definition) is 6. The molecule has 1 aromatic heterocycles. The molecule has 0 amide bonds. The van der Waals surface area contributed by atoms with Crippen LogP contribution in [-0.4, -0.2) is 55.6 Å². The summed E-state index contributed by atoms with van der Waals surface area (Å²) in [5, 5.41) is 0. The van der Waals surface area contributed by atoms with Gasteiger partial charge in [0.2, 0.25) is 5.95 Å². The fourth-order valence-corrected chi connectivity index (χ4v) is 3.27. The SMILES string of the molecule is CCN1CCN(C)c2cnc(N3CCN=C3c3ccccc3)nc21. The standard InChI is InChI=1S/C18H22N6/c1-3-23-12-11-22(2)15-13-20-18(21-17(15)23)24-10-9-19-16(24)14-7-5-4-6-8-14/h4-8,13H,3,9-12H2,1-2H3. The summed E-state index contributed by atoms with van der Waals surface area (Å²) >= 11 is 0. The van der Waals surface area contributed by atoms with Gasteiger partial charge < -0.3 is 9.80 Å². The topological polar surface area (TPSA) is 47.9 Å². The van der Waals surface area contributed by atoms with Crippen molar-refractivity contribution in [2.45, 2.75) is 6.92 Å². The van der Waals surface area contributed by atoms with Gasteiger partial charge in [0.25, 0.3) is 0 Å². The molecule has 0 N–H and O–H groups in total. The van der Waals surface area contributed by atoms with E-state index in [0.717, 1.165) is 61.6 Å². The molecule has 6 heteroatoms. The highest BCUT2D eigenvalue weighted by Gasteiger charge is 2.26. The average Bonchev–Trinajstić information content (AvgIpc) is 3.12. The Bertz CT molecular complexity index is 757. The highest BCUT2D eigenvalue weighted by Crippen LogP contribution is 2.31. The minimum atomic E-state index is 0.739. The Morgan fingerprint density at radius 2 is 1.92 bits per heavy atom. The summed E-state index contributed by atoms with van der Waals surface area (Å²) in [6.45, 7) is 6.73. The second-order valence-corrected chi connectivity index (χ2v) is 6.10. The van der Waals surface area contributed by atoms with Crippen molar-refractivity contribution in [3.63, 3.8) is 0 Å². The van der Waals surface area contributed by atoms with Crippen molar-refractivity contribution in [2.75, 3.05) is 54.5 Å². The van der Waals surface area contributed by atoms with E-state index in [1.54, 1.807) is 0 Å². The normalized spacial score (nSPS) is 17.1. The third kappa shape index (κ3) is 2.48. The molecule has 0 aliphatic carbocycles. The fraction of sp³-hybridized carbons (Fsp3) is 0.389. The maximum absolute atomic E-state index is 4.89. The summed E-state index contributed by atoms with van der Waals surface area (Å²) < 4.78 is 0. The van der Waals surface area contributed by atoms with E-state index < -0.39 is 0 Å². The zero-order chi connectivity index (χ0) is 16.5. The van der Waals surface area contributed by atoms with Gasteiger partial charge in [-0.25, -0.2) is 4.98 Å². The van der Waals surface area contributed by atoms with Crippen molar-refractivity contribution in [2.24, 2.45) is 4.99 Å². The van der Waals surface area contributed by atoms with Crippen molar-refractivity contribution in [3.05, 3.63) is 42.1 Å². The number of fused-ring (bicyclic) bond motifs is 1. The Hall–Kier alpha value is -2.63. The quantitative estimate of drug-likeness (QED) is 0.865. The van der Waals surface area contributed by atoms with E-state index in [4.69, 9.17) is 4.98 Å². The van der Waals surface area contributed by atoms with Gasteiger partial charge in [0.15, 0.2) is 5.82 Å². The van der Waals surface area contributed by atoms with E-state index >= 15 is 0 Å². The molecule has 2 aliphatic rings. The number of likely N-dealkylation sites (N-methyl/N-ethyl adjacent to an activating group) is 2. The van der Waals surface area contributed by atoms with Crippen LogP contribution in [0.5, 0.6) is 0 Å². The van der Waals surface area contributed by atoms with Crippen LogP contribution >= 0.6 is 0 Å². The van der Waals surface area contributed by atoms with Crippen molar-refractivity contribution in [1.29, 1.82) is 0 Å². The predicted octanol–water partition coefficient (Wildman–Crippen LogP) is 2.02. The van der Waals surface area contributed by atoms with Crippen LogP contribution in [0.25, 0.3) is 0 Å². The Morgan fingerprint density at radius 1 is 1.08 bits per heavy atom. The smallest absolute Gasteiger partial charge is 0.233 e. The first-order valence-electron chi connectivity index (χ1n) is 8.48. The minimum absolute atomic E-state index is 0.739. The molecule has 0 unspecified atom stereocenters. The Labute approximate surface area is 142 Å². The van der Waals surface area contributed by atoms with Crippen LogP contribution in [0.15, 0.2) is 41.5 Å². The molecule has 0 radical (unpaired) electrons. The van der Waals surface area contributed by atoms with E-state index in [-0.39, 0.29) is 0 Å². The van der Waals surface area contributed by atoms with E-state index in [1.807, 2.05) is 24.4 Å². The third-order valence-electron chi connectivity index (χ3n) is 4.65. The van der Waals surface area contributed by atoms with Gasteiger partial charge in [0.1, 0.15) is 5.84 Å². The number of aromatic nitrogens is 2. The molecule has 0 bridgehead atoms. The molecule has 0 atom stereocenters. The monoisotopic (exact) mass is 322 g/mol. The summed E-state index contributed by atoms with van der Waals surface area (Å²) in [7, 11) is 2.10. The molecule has 0 fully saturated rings. The van der Waals surface area contributed by atoms with Crippen LogP contribution in [0.3, 0.4) is 0 Å². The van der Waals surface area contributed by atoms with Gasteiger partial charge in [-0.3, -0.25) is 9.89 Å². The molecule has 0 saturated carbocycles. The zero-order valence-electron chi connectivity index (χ0n) is 14.2. The van der Waals surface area contributed by atoms with Gasteiger partial charge in [-0.1, -0.05) is 30.3 Å². The third-order valence-corrected chi connectivity index (χ3v) is 4.65. The summed E-state index contributed by atoms with van der Waals surface area (Å²) in [6, 6.07) is 10.3. The van der Waals surface area contributed by atoms with Crippen molar-refractivity contribution in [1.82, 2.24) is 9.97 Å². The highest BCUT2D eigenvalue weighted by molar-refractivity contribution is 6.10. The van der Waals surface area contributed by atoms with E-state index in [9.17, 15) is 0 Å². The van der Waals surface area contributed by atoms with Crippen LogP contribution in [0.1, 0.15) is 12.5 Å². The summed E-state index contributed by atoms with van der Waals surface area (Å²) in [5.41, 5.74) is 2.21. The summed E-state index contributed by atoms with van der Waals surface area (Å²) in [4.78, 5) is 20.9. The maximum atomic E-state index is 4.89. The van der Waals surface area contributed by atoms with Gasteiger partial charge >= 0.3 is 0 Å². The molecule has 2 aromatic rings. The van der Waals surface area contributed by atoms with Crippen LogP contribution in [0.2, 0.25) is 0 Å². The molecule has 2 aliphatic heterocycles. The Morgan fingerprint density at radius 3 is 2.71 bits per heavy atom. The first-order valence-corrected chi connectivity index (χ1v) is 8.48. The maximum Gasteiger partial charge on any atom is 0.233 e. The van der Waals surface area contributed by atoms with Gasteiger partial charge in [-0.2, -0.15) is 4.98 Å². The van der Waals surface area contributed by atoms with Crippen molar-refractivity contribution >= 4 is 23.3 Å². The predicted molar refractivity (Wildman–Crippen MR) is 98.4 cm³/mol. The van der Waals surface area contributed by atoms with Gasteiger partial charge in [-0.05, 0) is 6.92 Å². The second-order valence-electron chi connectivity index (χ2n) is 6.10. The molecule has 3 heterocycles. The lowest BCUT2D eigenvalue weighted by atomic mass is 10.2. The average molecular weight is 322 g/mol. The first kappa shape index (κ1) is 14.9. The van der Waals surface area contributed by atoms with Crippen LogP contribution in [0, 0.1) is 0 Å². The number of benzene rings is 1. The van der Waals surface area contributed by atoms with Crippen LogP contribution in [-0.2, 0) is 0 Å². The van der Waals surface area contributed by atoms with Gasteiger partial charge in [0, 0.05) is 38.8 Å². The lowest BCUT2D eigenvalue weighted by Crippen LogP contribution is -2.40. The molecule has 24 heavy (non-hydrogen) atoms. The van der Waals surface area contributed by atoms with Crippen LogP contribution < -0.4 is 14.7 Å². The highest BCUT2D eigenvalue weighted by atomic mass is 15.4.